The van der Waals surface area contributed by atoms with Crippen molar-refractivity contribution in [1.29, 1.82) is 0 Å². The first-order valence-corrected chi connectivity index (χ1v) is 26.7. The molecule has 71 heavy (non-hydrogen) atoms. The first-order chi connectivity index (χ1) is 34.7. The van der Waals surface area contributed by atoms with E-state index in [2.05, 4.69) is 248 Å². The Morgan fingerprint density at radius 3 is 1.70 bits per heavy atom. The van der Waals surface area contributed by atoms with Gasteiger partial charge in [0.05, 0.1) is 0 Å². The van der Waals surface area contributed by atoms with Crippen LogP contribution in [0.5, 0.6) is 0 Å². The van der Waals surface area contributed by atoms with Crippen LogP contribution in [0.25, 0.3) is 33.4 Å². The molecule has 0 aliphatic heterocycles. The summed E-state index contributed by atoms with van der Waals surface area (Å²) in [7, 11) is 0. The molecule has 0 saturated carbocycles. The van der Waals surface area contributed by atoms with E-state index in [1.54, 1.807) is 0 Å². The molecule has 0 bridgehead atoms. The molecular weight excluding hydrogens is 853 g/mol. The van der Waals surface area contributed by atoms with E-state index in [1.807, 2.05) is 25.1 Å². The van der Waals surface area contributed by atoms with Crippen LogP contribution in [-0.2, 0) is 6.42 Å². The third-order valence-corrected chi connectivity index (χ3v) is 13.5. The lowest BCUT2D eigenvalue weighted by atomic mass is 9.84. The van der Waals surface area contributed by atoms with Gasteiger partial charge < -0.3 is 0 Å². The predicted octanol–water partition coefficient (Wildman–Crippen LogP) is 20.7. The largest absolute Gasteiger partial charge is 0.0955 e. The van der Waals surface area contributed by atoms with E-state index in [0.717, 1.165) is 18.4 Å². The third-order valence-electron chi connectivity index (χ3n) is 13.5. The zero-order chi connectivity index (χ0) is 50.0. The Morgan fingerprint density at radius 2 is 1.17 bits per heavy atom. The van der Waals surface area contributed by atoms with Crippen molar-refractivity contribution in [3.63, 3.8) is 0 Å². The molecule has 0 heterocycles. The summed E-state index contributed by atoms with van der Waals surface area (Å²) >= 11 is 0. The van der Waals surface area contributed by atoms with Crippen molar-refractivity contribution < 1.29 is 0 Å². The highest BCUT2D eigenvalue weighted by Crippen LogP contribution is 2.34. The van der Waals surface area contributed by atoms with Crippen LogP contribution in [-0.4, -0.2) is 0 Å². The fourth-order valence-electron chi connectivity index (χ4n) is 9.25. The van der Waals surface area contributed by atoms with Crippen molar-refractivity contribution in [2.75, 3.05) is 0 Å². The summed E-state index contributed by atoms with van der Waals surface area (Å²) in [5.41, 5.74) is 18.8. The zero-order valence-electron chi connectivity index (χ0n) is 43.9. The van der Waals surface area contributed by atoms with E-state index in [-0.39, 0.29) is 0 Å². The minimum atomic E-state index is 0.486. The third kappa shape index (κ3) is 17.6. The van der Waals surface area contributed by atoms with Gasteiger partial charge in [-0.3, -0.25) is 0 Å². The Morgan fingerprint density at radius 1 is 0.563 bits per heavy atom. The Kier molecular flexibility index (Phi) is 22.2. The standard InChI is InChI=1S/C34H40.C15H16.C13H14.C9H10/c1-4-9-33(27-11-7-6-8-12-27)25-34(10-5-2)32-23-21-31(22-24-32)30-19-17-29(18-20-30)28-15-13-26(3)14-16-28;1-2-6-13-9-11-15(12-10-13)14-7-4-3-5-8-14;1-11-7-9-13(10-8-11)12-5-3-2-4-6-12;1-8(2)9-6-4-3-5-7-9/h6-8,11-13,15-17,19-26,29,33H,4-5,9-10,14,18H2,1-3H3;3-5,7-12H,2,6H2,1H3;3,5-10H,2,4H2,1H3;3-7H,1H2,2H3/b34-25+;;;. The van der Waals surface area contributed by atoms with Crippen molar-refractivity contribution in [3.8, 4) is 11.1 Å². The second-order valence-corrected chi connectivity index (χ2v) is 19.4. The number of hydrogen-bond acceptors (Lipinski definition) is 0. The van der Waals surface area contributed by atoms with Crippen LogP contribution in [0.4, 0.5) is 0 Å². The van der Waals surface area contributed by atoms with Crippen molar-refractivity contribution >= 4 is 22.3 Å². The highest BCUT2D eigenvalue weighted by atomic mass is 14.2. The lowest BCUT2D eigenvalue weighted by molar-refractivity contribution is 0.699. The SMILES string of the molecule is C=C(C)c1ccccc1.CCC/C(=C\C(CCC)c1ccccc1)c1ccc(C2=CCC(C3=CCC(C)C=C3)C=C2)cc1.CCCc1ccc(-c2ccccc2)cc1.Cc1ccc(C2=CCCC=C2)cc1. The number of hydrogen-bond donors (Lipinski definition) is 0. The summed E-state index contributed by atoms with van der Waals surface area (Å²) in [6.07, 6.45) is 35.3. The average Bonchev–Trinajstić information content (AvgIpc) is 3.43. The topological polar surface area (TPSA) is 0 Å². The van der Waals surface area contributed by atoms with E-state index in [0.29, 0.717) is 17.8 Å². The number of benzene rings is 6. The van der Waals surface area contributed by atoms with Crippen LogP contribution in [0, 0.1) is 18.8 Å². The molecule has 0 aromatic heterocycles. The van der Waals surface area contributed by atoms with Gasteiger partial charge in [0.15, 0.2) is 0 Å². The van der Waals surface area contributed by atoms with Crippen LogP contribution in [0.3, 0.4) is 0 Å². The molecule has 0 saturated heterocycles. The average molecular weight is 933 g/mol. The molecule has 364 valence electrons. The van der Waals surface area contributed by atoms with Gasteiger partial charge in [0.2, 0.25) is 0 Å². The normalized spacial score (nSPS) is 16.3. The lowest BCUT2D eigenvalue weighted by Gasteiger charge is -2.21. The molecule has 0 fully saturated rings. The molecule has 0 radical (unpaired) electrons. The summed E-state index contributed by atoms with van der Waals surface area (Å²) in [6, 6.07) is 58.5. The lowest BCUT2D eigenvalue weighted by Crippen LogP contribution is -2.05. The molecule has 0 nitrogen and oxygen atoms in total. The van der Waals surface area contributed by atoms with Crippen molar-refractivity contribution in [2.45, 2.75) is 112 Å². The van der Waals surface area contributed by atoms with Gasteiger partial charge in [-0.15, -0.1) is 0 Å². The molecule has 6 aromatic carbocycles. The molecule has 0 amide bonds. The smallest absolute Gasteiger partial charge is 0.00528 e. The number of rotatable bonds is 14. The highest BCUT2D eigenvalue weighted by molar-refractivity contribution is 5.77. The molecule has 0 heteroatoms. The summed E-state index contributed by atoms with van der Waals surface area (Å²) in [5.74, 6) is 1.69. The molecule has 3 unspecified atom stereocenters. The van der Waals surface area contributed by atoms with Gasteiger partial charge in [0, 0.05) is 11.8 Å². The molecule has 9 rings (SSSR count). The Hall–Kier alpha value is -6.76. The molecule has 3 atom stereocenters. The molecule has 0 N–H and O–H groups in total. The van der Waals surface area contributed by atoms with Gasteiger partial charge in [-0.2, -0.15) is 0 Å². The van der Waals surface area contributed by atoms with Crippen LogP contribution in [0.1, 0.15) is 137 Å². The maximum atomic E-state index is 3.83. The van der Waals surface area contributed by atoms with Crippen molar-refractivity contribution in [1.82, 2.24) is 0 Å². The predicted molar refractivity (Wildman–Crippen MR) is 314 cm³/mol. The minimum absolute atomic E-state index is 0.486. The van der Waals surface area contributed by atoms with E-state index < -0.39 is 0 Å². The van der Waals surface area contributed by atoms with Crippen molar-refractivity contribution in [3.05, 3.63) is 276 Å². The van der Waals surface area contributed by atoms with E-state index in [4.69, 9.17) is 0 Å². The second-order valence-electron chi connectivity index (χ2n) is 19.4. The van der Waals surface area contributed by atoms with Gasteiger partial charge in [0.1, 0.15) is 0 Å². The first kappa shape index (κ1) is 53.6. The van der Waals surface area contributed by atoms with Gasteiger partial charge in [-0.25, -0.2) is 0 Å². The maximum absolute atomic E-state index is 3.83. The Bertz CT molecular complexity index is 2710. The van der Waals surface area contributed by atoms with Gasteiger partial charge in [0.25, 0.3) is 0 Å². The summed E-state index contributed by atoms with van der Waals surface area (Å²) in [6.45, 7) is 17.0. The zero-order valence-corrected chi connectivity index (χ0v) is 43.9. The molecule has 3 aliphatic carbocycles. The quantitative estimate of drug-likeness (QED) is 0.102. The summed E-state index contributed by atoms with van der Waals surface area (Å²) in [4.78, 5) is 0. The molecule has 6 aromatic rings. The van der Waals surface area contributed by atoms with E-state index in [9.17, 15) is 0 Å². The number of allylic oxidation sites excluding steroid dienone is 15. The second kappa shape index (κ2) is 29.4. The van der Waals surface area contributed by atoms with Crippen LogP contribution >= 0.6 is 0 Å². The van der Waals surface area contributed by atoms with E-state index in [1.165, 1.54) is 124 Å². The summed E-state index contributed by atoms with van der Waals surface area (Å²) < 4.78 is 0. The Labute approximate surface area is 430 Å². The number of aryl methyl sites for hydroxylation is 2. The minimum Gasteiger partial charge on any atom is -0.0955 e. The fraction of sp³-hybridized carbons (Fsp3) is 0.268. The van der Waals surface area contributed by atoms with Gasteiger partial charge in [-0.1, -0.05) is 289 Å². The highest BCUT2D eigenvalue weighted by Gasteiger charge is 2.16. The first-order valence-electron chi connectivity index (χ1n) is 26.7. The molecular formula is C71H80. The van der Waals surface area contributed by atoms with Crippen LogP contribution in [0.2, 0.25) is 0 Å². The monoisotopic (exact) mass is 933 g/mol. The fourth-order valence-corrected chi connectivity index (χ4v) is 9.25. The molecule has 0 spiro atoms. The van der Waals surface area contributed by atoms with Crippen LogP contribution < -0.4 is 0 Å². The summed E-state index contributed by atoms with van der Waals surface area (Å²) in [5, 5.41) is 0. The van der Waals surface area contributed by atoms with Crippen LogP contribution in [0.15, 0.2) is 237 Å². The maximum Gasteiger partial charge on any atom is 0.00528 e. The van der Waals surface area contributed by atoms with Gasteiger partial charge in [-0.05, 0) is 132 Å². The van der Waals surface area contributed by atoms with Gasteiger partial charge >= 0.3 is 0 Å². The van der Waals surface area contributed by atoms with Crippen molar-refractivity contribution in [2.24, 2.45) is 11.8 Å². The molecule has 3 aliphatic rings. The Balaban J connectivity index is 0.000000182. The van der Waals surface area contributed by atoms with E-state index >= 15 is 0 Å².